The first-order valence-electron chi connectivity index (χ1n) is 6.79. The van der Waals surface area contributed by atoms with Gasteiger partial charge in [0.1, 0.15) is 5.75 Å². The Morgan fingerprint density at radius 2 is 2.33 bits per heavy atom. The lowest BCUT2D eigenvalue weighted by molar-refractivity contribution is 0.407. The smallest absolute Gasteiger partial charge is 0.257 e. The zero-order chi connectivity index (χ0) is 14.8. The molecule has 2 heterocycles. The molecule has 0 aliphatic carbocycles. The van der Waals surface area contributed by atoms with Gasteiger partial charge in [0.05, 0.1) is 25.7 Å². The first-order valence-corrected chi connectivity index (χ1v) is 7.58. The Bertz CT molecular complexity index is 727. The summed E-state index contributed by atoms with van der Waals surface area (Å²) >= 11 is 3.45. The van der Waals surface area contributed by atoms with Crippen LogP contribution in [0.2, 0.25) is 0 Å². The van der Waals surface area contributed by atoms with Gasteiger partial charge in [-0.3, -0.25) is 9.36 Å². The molecule has 0 atom stereocenters. The van der Waals surface area contributed by atoms with Crippen LogP contribution in [0.25, 0.3) is 0 Å². The molecular weight excluding hydrogens is 334 g/mol. The molecule has 1 aliphatic heterocycles. The van der Waals surface area contributed by atoms with Crippen LogP contribution in [0.1, 0.15) is 16.8 Å². The molecule has 0 saturated heterocycles. The second kappa shape index (κ2) is 5.99. The van der Waals surface area contributed by atoms with Gasteiger partial charge in [-0.1, -0.05) is 15.9 Å². The van der Waals surface area contributed by atoms with Crippen molar-refractivity contribution in [3.05, 3.63) is 56.2 Å². The Kier molecular flexibility index (Phi) is 4.07. The van der Waals surface area contributed by atoms with Crippen molar-refractivity contribution in [2.24, 2.45) is 0 Å². The molecular formula is C15H16BrN3O2. The van der Waals surface area contributed by atoms with E-state index in [0.717, 1.165) is 40.0 Å². The lowest BCUT2D eigenvalue weighted by Crippen LogP contribution is -2.34. The van der Waals surface area contributed by atoms with E-state index >= 15 is 0 Å². The lowest BCUT2D eigenvalue weighted by atomic mass is 10.1. The summed E-state index contributed by atoms with van der Waals surface area (Å²) in [4.78, 5) is 16.9. The number of ether oxygens (including phenoxy) is 1. The van der Waals surface area contributed by atoms with Crippen molar-refractivity contribution in [2.75, 3.05) is 13.7 Å². The van der Waals surface area contributed by atoms with Gasteiger partial charge in [-0.05, 0) is 31.2 Å². The highest BCUT2D eigenvalue weighted by Gasteiger charge is 2.16. The zero-order valence-electron chi connectivity index (χ0n) is 11.7. The van der Waals surface area contributed by atoms with E-state index in [1.165, 1.54) is 0 Å². The monoisotopic (exact) mass is 349 g/mol. The Morgan fingerprint density at radius 3 is 3.14 bits per heavy atom. The van der Waals surface area contributed by atoms with Crippen LogP contribution in [-0.4, -0.2) is 23.2 Å². The number of hydrogen-bond acceptors (Lipinski definition) is 4. The topological polar surface area (TPSA) is 56.2 Å². The number of benzene rings is 1. The van der Waals surface area contributed by atoms with E-state index in [0.29, 0.717) is 13.1 Å². The molecule has 1 aromatic heterocycles. The van der Waals surface area contributed by atoms with E-state index in [-0.39, 0.29) is 5.56 Å². The first-order chi connectivity index (χ1) is 10.2. The molecule has 0 spiro atoms. The molecule has 110 valence electrons. The van der Waals surface area contributed by atoms with E-state index in [9.17, 15) is 4.79 Å². The highest BCUT2D eigenvalue weighted by Crippen LogP contribution is 2.23. The molecule has 0 bridgehead atoms. The van der Waals surface area contributed by atoms with E-state index in [2.05, 4.69) is 26.2 Å². The minimum Gasteiger partial charge on any atom is -0.496 e. The second-order valence-corrected chi connectivity index (χ2v) is 5.90. The minimum atomic E-state index is 0.0449. The molecule has 0 radical (unpaired) electrons. The minimum absolute atomic E-state index is 0.0449. The summed E-state index contributed by atoms with van der Waals surface area (Å²) in [7, 11) is 1.63. The molecule has 0 saturated carbocycles. The number of rotatable bonds is 3. The average Bonchev–Trinajstić information content (AvgIpc) is 2.51. The fourth-order valence-corrected chi connectivity index (χ4v) is 2.97. The highest BCUT2D eigenvalue weighted by molar-refractivity contribution is 9.10. The number of nitrogens with one attached hydrogen (secondary N) is 1. The van der Waals surface area contributed by atoms with Gasteiger partial charge >= 0.3 is 0 Å². The number of fused-ring (bicyclic) bond motifs is 1. The standard InChI is InChI=1S/C15H16BrN3O2/c1-21-14-3-2-11(16)6-10(14)8-19-9-18-13-7-17-5-4-12(13)15(19)20/h2-3,6,9,17H,4-5,7-8H2,1H3. The summed E-state index contributed by atoms with van der Waals surface area (Å²) in [5, 5.41) is 3.23. The SMILES string of the molecule is COc1ccc(Br)cc1Cn1cnc2c(c1=O)CCNC2. The summed E-state index contributed by atoms with van der Waals surface area (Å²) in [6, 6.07) is 5.77. The third kappa shape index (κ3) is 2.87. The summed E-state index contributed by atoms with van der Waals surface area (Å²) in [6.45, 7) is 1.95. The van der Waals surface area contributed by atoms with E-state index in [4.69, 9.17) is 4.74 Å². The van der Waals surface area contributed by atoms with Crippen molar-refractivity contribution in [3.8, 4) is 5.75 Å². The molecule has 0 unspecified atom stereocenters. The van der Waals surface area contributed by atoms with Crippen molar-refractivity contribution in [1.29, 1.82) is 0 Å². The number of hydrogen-bond donors (Lipinski definition) is 1. The fourth-order valence-electron chi connectivity index (χ4n) is 2.56. The molecule has 21 heavy (non-hydrogen) atoms. The summed E-state index contributed by atoms with van der Waals surface area (Å²) in [5.41, 5.74) is 2.68. The predicted molar refractivity (Wildman–Crippen MR) is 83.7 cm³/mol. The Balaban J connectivity index is 1.99. The largest absolute Gasteiger partial charge is 0.496 e. The Hall–Kier alpha value is -1.66. The highest BCUT2D eigenvalue weighted by atomic mass is 79.9. The van der Waals surface area contributed by atoms with Crippen LogP contribution < -0.4 is 15.6 Å². The third-order valence-electron chi connectivity index (χ3n) is 3.65. The van der Waals surface area contributed by atoms with Crippen molar-refractivity contribution in [1.82, 2.24) is 14.9 Å². The van der Waals surface area contributed by atoms with Crippen molar-refractivity contribution < 1.29 is 4.74 Å². The third-order valence-corrected chi connectivity index (χ3v) is 4.14. The maximum absolute atomic E-state index is 12.5. The average molecular weight is 350 g/mol. The van der Waals surface area contributed by atoms with Crippen LogP contribution in [0.15, 0.2) is 33.8 Å². The van der Waals surface area contributed by atoms with Crippen LogP contribution in [0.4, 0.5) is 0 Å². The van der Waals surface area contributed by atoms with Gasteiger partial charge < -0.3 is 10.1 Å². The van der Waals surface area contributed by atoms with E-state index in [1.54, 1.807) is 18.0 Å². The van der Waals surface area contributed by atoms with E-state index in [1.807, 2.05) is 18.2 Å². The van der Waals surface area contributed by atoms with Crippen LogP contribution >= 0.6 is 15.9 Å². The quantitative estimate of drug-likeness (QED) is 0.916. The normalized spacial score (nSPS) is 13.8. The first kappa shape index (κ1) is 14.3. The summed E-state index contributed by atoms with van der Waals surface area (Å²) in [5.74, 6) is 0.768. The summed E-state index contributed by atoms with van der Waals surface area (Å²) in [6.07, 6.45) is 2.35. The van der Waals surface area contributed by atoms with Gasteiger partial charge in [0.15, 0.2) is 0 Å². The van der Waals surface area contributed by atoms with Gasteiger partial charge in [-0.15, -0.1) is 0 Å². The molecule has 0 amide bonds. The molecule has 5 nitrogen and oxygen atoms in total. The molecule has 6 heteroatoms. The predicted octanol–water partition coefficient (Wildman–Crippen LogP) is 1.71. The number of aromatic nitrogens is 2. The number of methoxy groups -OCH3 is 1. The molecule has 0 fully saturated rings. The summed E-state index contributed by atoms with van der Waals surface area (Å²) < 4.78 is 7.97. The fraction of sp³-hybridized carbons (Fsp3) is 0.333. The number of nitrogens with zero attached hydrogens (tertiary/aromatic N) is 2. The van der Waals surface area contributed by atoms with Crippen LogP contribution in [0.3, 0.4) is 0 Å². The van der Waals surface area contributed by atoms with Gasteiger partial charge in [-0.2, -0.15) is 0 Å². The molecule has 1 aliphatic rings. The maximum Gasteiger partial charge on any atom is 0.257 e. The van der Waals surface area contributed by atoms with Crippen molar-refractivity contribution in [3.63, 3.8) is 0 Å². The molecule has 2 aromatic rings. The zero-order valence-corrected chi connectivity index (χ0v) is 13.3. The lowest BCUT2D eigenvalue weighted by Gasteiger charge is -2.17. The molecule has 1 N–H and O–H groups in total. The van der Waals surface area contributed by atoms with Crippen molar-refractivity contribution >= 4 is 15.9 Å². The maximum atomic E-state index is 12.5. The molecule has 3 rings (SSSR count). The number of halogens is 1. The van der Waals surface area contributed by atoms with E-state index < -0.39 is 0 Å². The van der Waals surface area contributed by atoms with Crippen LogP contribution in [0.5, 0.6) is 5.75 Å². The van der Waals surface area contributed by atoms with Gasteiger partial charge in [0.2, 0.25) is 0 Å². The van der Waals surface area contributed by atoms with Crippen LogP contribution in [0, 0.1) is 0 Å². The Morgan fingerprint density at radius 1 is 1.48 bits per heavy atom. The molecule has 1 aromatic carbocycles. The Labute approximate surface area is 131 Å². The van der Waals surface area contributed by atoms with Crippen molar-refractivity contribution in [2.45, 2.75) is 19.5 Å². The second-order valence-electron chi connectivity index (χ2n) is 4.99. The van der Waals surface area contributed by atoms with Gasteiger partial charge in [-0.25, -0.2) is 4.98 Å². The van der Waals surface area contributed by atoms with Gasteiger partial charge in [0.25, 0.3) is 5.56 Å². The van der Waals surface area contributed by atoms with Gasteiger partial charge in [0, 0.05) is 22.1 Å². The van der Waals surface area contributed by atoms with Crippen LogP contribution in [-0.2, 0) is 19.5 Å².